The van der Waals surface area contributed by atoms with Gasteiger partial charge in [-0.3, -0.25) is 0 Å². The maximum Gasteiger partial charge on any atom is 0.148 e. The number of benzene rings is 1. The van der Waals surface area contributed by atoms with Gasteiger partial charge in [-0.2, -0.15) is 0 Å². The van der Waals surface area contributed by atoms with Gasteiger partial charge in [0.25, 0.3) is 0 Å². The number of hydrogen-bond donors (Lipinski definition) is 2. The van der Waals surface area contributed by atoms with E-state index in [9.17, 15) is 9.59 Å². The van der Waals surface area contributed by atoms with Crippen LogP contribution >= 0.6 is 0 Å². The molecule has 0 saturated carbocycles. The fraction of sp³-hybridized carbons (Fsp3) is 0.143. The zero-order chi connectivity index (χ0) is 13.2. The van der Waals surface area contributed by atoms with Crippen LogP contribution in [-0.2, 0) is 9.59 Å². The summed E-state index contributed by atoms with van der Waals surface area (Å²) in [5.74, 6) is 0. The molecule has 1 aliphatic carbocycles. The Hall–Kier alpha value is -2.04. The molecule has 4 N–H and O–H groups in total. The molecule has 4 heteroatoms. The summed E-state index contributed by atoms with van der Waals surface area (Å²) in [5.41, 5.74) is 10.7. The van der Waals surface area contributed by atoms with E-state index in [0.29, 0.717) is 18.1 Å². The minimum absolute atomic E-state index is 0.537. The lowest BCUT2D eigenvalue weighted by Crippen LogP contribution is -2.48. The van der Waals surface area contributed by atoms with E-state index in [4.69, 9.17) is 11.5 Å². The van der Waals surface area contributed by atoms with E-state index in [0.717, 1.165) is 5.56 Å². The largest absolute Gasteiger partial charge is 0.313 e. The normalized spacial score (nSPS) is 30.7. The molecule has 1 aromatic rings. The molecule has 0 bridgehead atoms. The Kier molecular flexibility index (Phi) is 2.98. The van der Waals surface area contributed by atoms with Gasteiger partial charge in [0.05, 0.1) is 0 Å². The van der Waals surface area contributed by atoms with Crippen molar-refractivity contribution in [3.8, 4) is 0 Å². The third kappa shape index (κ3) is 2.03. The van der Waals surface area contributed by atoms with Gasteiger partial charge >= 0.3 is 0 Å². The van der Waals surface area contributed by atoms with Gasteiger partial charge in [0.2, 0.25) is 0 Å². The summed E-state index contributed by atoms with van der Waals surface area (Å²) in [6.07, 6.45) is 5.71. The molecular formula is C14H14N2O2. The third-order valence-electron chi connectivity index (χ3n) is 2.99. The minimum Gasteiger partial charge on any atom is -0.313 e. The van der Waals surface area contributed by atoms with E-state index in [1.54, 1.807) is 0 Å². The first-order chi connectivity index (χ1) is 8.53. The zero-order valence-corrected chi connectivity index (χ0v) is 9.74. The maximum absolute atomic E-state index is 11.2. The molecule has 2 atom stereocenters. The van der Waals surface area contributed by atoms with Gasteiger partial charge in [-0.05, 0) is 17.2 Å². The molecule has 0 spiro atoms. The molecule has 0 saturated heterocycles. The third-order valence-corrected chi connectivity index (χ3v) is 2.99. The highest BCUT2D eigenvalue weighted by molar-refractivity contribution is 5.96. The zero-order valence-electron chi connectivity index (χ0n) is 9.74. The van der Waals surface area contributed by atoms with Crippen molar-refractivity contribution in [2.45, 2.75) is 11.1 Å². The molecule has 0 amide bonds. The Morgan fingerprint density at radius 3 is 2.17 bits per heavy atom. The minimum atomic E-state index is -1.24. The summed E-state index contributed by atoms with van der Waals surface area (Å²) < 4.78 is 0. The van der Waals surface area contributed by atoms with E-state index in [-0.39, 0.29) is 0 Å². The summed E-state index contributed by atoms with van der Waals surface area (Å²) in [5, 5.41) is 0. The molecular weight excluding hydrogens is 228 g/mol. The molecule has 0 fully saturated rings. The number of carbonyl (C=O) groups is 2. The lowest BCUT2D eigenvalue weighted by atomic mass is 9.78. The first-order valence-electron chi connectivity index (χ1n) is 5.52. The first-order valence-corrected chi connectivity index (χ1v) is 5.52. The van der Waals surface area contributed by atoms with Crippen molar-refractivity contribution >= 4 is 18.1 Å². The standard InChI is InChI=1S/C14H14N2O2/c15-13(9-17)6-7-14(16,10-18)12(8-13)11-4-2-1-3-5-11/h1-10H,15-16H2. The number of carbonyl (C=O) groups excluding carboxylic acids is 2. The Balaban J connectivity index is 2.58. The van der Waals surface area contributed by atoms with Crippen molar-refractivity contribution < 1.29 is 9.59 Å². The molecule has 0 aromatic heterocycles. The van der Waals surface area contributed by atoms with Crippen LogP contribution in [0, 0.1) is 0 Å². The van der Waals surface area contributed by atoms with Crippen LogP contribution in [0.5, 0.6) is 0 Å². The summed E-state index contributed by atoms with van der Waals surface area (Å²) in [6.45, 7) is 0. The summed E-state index contributed by atoms with van der Waals surface area (Å²) >= 11 is 0. The summed E-state index contributed by atoms with van der Waals surface area (Å²) in [7, 11) is 0. The van der Waals surface area contributed by atoms with Crippen molar-refractivity contribution in [3.63, 3.8) is 0 Å². The summed E-state index contributed by atoms with van der Waals surface area (Å²) in [4.78, 5) is 22.2. The summed E-state index contributed by atoms with van der Waals surface area (Å²) in [6, 6.07) is 9.16. The topological polar surface area (TPSA) is 86.2 Å². The van der Waals surface area contributed by atoms with Gasteiger partial charge < -0.3 is 21.1 Å². The number of nitrogens with two attached hydrogens (primary N) is 2. The smallest absolute Gasteiger partial charge is 0.148 e. The highest BCUT2D eigenvalue weighted by atomic mass is 16.1. The van der Waals surface area contributed by atoms with Gasteiger partial charge in [0.1, 0.15) is 23.7 Å². The Morgan fingerprint density at radius 1 is 0.944 bits per heavy atom. The van der Waals surface area contributed by atoms with E-state index >= 15 is 0 Å². The fourth-order valence-corrected chi connectivity index (χ4v) is 1.92. The molecule has 4 nitrogen and oxygen atoms in total. The van der Waals surface area contributed by atoms with Crippen LogP contribution in [-0.4, -0.2) is 23.7 Å². The lowest BCUT2D eigenvalue weighted by molar-refractivity contribution is -0.111. The average Bonchev–Trinajstić information content (AvgIpc) is 2.43. The van der Waals surface area contributed by atoms with Gasteiger partial charge in [-0.15, -0.1) is 0 Å². The van der Waals surface area contributed by atoms with Crippen LogP contribution in [0.2, 0.25) is 0 Å². The number of rotatable bonds is 3. The quantitative estimate of drug-likeness (QED) is 0.594. The molecule has 0 heterocycles. The second-order valence-corrected chi connectivity index (χ2v) is 4.43. The van der Waals surface area contributed by atoms with Crippen molar-refractivity contribution in [2.75, 3.05) is 0 Å². The van der Waals surface area contributed by atoms with E-state index < -0.39 is 11.1 Å². The van der Waals surface area contributed by atoms with Crippen LogP contribution in [0.1, 0.15) is 5.56 Å². The molecule has 18 heavy (non-hydrogen) atoms. The SMILES string of the molecule is NC1(C=O)C=CC(N)(C=O)C(c2ccccc2)=C1. The molecule has 2 rings (SSSR count). The van der Waals surface area contributed by atoms with E-state index in [1.807, 2.05) is 30.3 Å². The van der Waals surface area contributed by atoms with Crippen molar-refractivity contribution in [2.24, 2.45) is 11.5 Å². The molecule has 2 unspecified atom stereocenters. The van der Waals surface area contributed by atoms with Crippen molar-refractivity contribution in [1.29, 1.82) is 0 Å². The highest BCUT2D eigenvalue weighted by Gasteiger charge is 2.35. The monoisotopic (exact) mass is 242 g/mol. The van der Waals surface area contributed by atoms with Crippen LogP contribution < -0.4 is 11.5 Å². The van der Waals surface area contributed by atoms with E-state index in [2.05, 4.69) is 0 Å². The second kappa shape index (κ2) is 4.33. The van der Waals surface area contributed by atoms with Gasteiger partial charge in [-0.1, -0.05) is 42.5 Å². The van der Waals surface area contributed by atoms with Gasteiger partial charge in [0.15, 0.2) is 0 Å². The van der Waals surface area contributed by atoms with Crippen LogP contribution in [0.3, 0.4) is 0 Å². The highest BCUT2D eigenvalue weighted by Crippen LogP contribution is 2.31. The molecule has 92 valence electrons. The fourth-order valence-electron chi connectivity index (χ4n) is 1.92. The lowest BCUT2D eigenvalue weighted by Gasteiger charge is -2.31. The second-order valence-electron chi connectivity index (χ2n) is 4.43. The Labute approximate surface area is 105 Å². The first kappa shape index (κ1) is 12.4. The van der Waals surface area contributed by atoms with Crippen molar-refractivity contribution in [3.05, 3.63) is 54.1 Å². The molecule has 1 aliphatic rings. The number of aldehydes is 2. The molecule has 0 radical (unpaired) electrons. The van der Waals surface area contributed by atoms with Crippen LogP contribution in [0.25, 0.3) is 5.57 Å². The molecule has 1 aromatic carbocycles. The maximum atomic E-state index is 11.2. The predicted octanol–water partition coefficient (Wildman–Crippen LogP) is 0.433. The Morgan fingerprint density at radius 2 is 1.61 bits per heavy atom. The predicted molar refractivity (Wildman–Crippen MR) is 69.5 cm³/mol. The Bertz CT molecular complexity index is 536. The molecule has 0 aliphatic heterocycles. The van der Waals surface area contributed by atoms with Crippen LogP contribution in [0.15, 0.2) is 48.6 Å². The van der Waals surface area contributed by atoms with E-state index in [1.165, 1.54) is 18.2 Å². The number of hydrogen-bond acceptors (Lipinski definition) is 4. The van der Waals surface area contributed by atoms with Gasteiger partial charge in [-0.25, -0.2) is 0 Å². The van der Waals surface area contributed by atoms with Gasteiger partial charge in [0, 0.05) is 0 Å². The van der Waals surface area contributed by atoms with Crippen LogP contribution in [0.4, 0.5) is 0 Å². The average molecular weight is 242 g/mol. The van der Waals surface area contributed by atoms with Crippen molar-refractivity contribution in [1.82, 2.24) is 0 Å².